The van der Waals surface area contributed by atoms with E-state index in [-0.39, 0.29) is 0 Å². The summed E-state index contributed by atoms with van der Waals surface area (Å²) in [7, 11) is 0. The third-order valence-corrected chi connectivity index (χ3v) is 2.95. The van der Waals surface area contributed by atoms with Gasteiger partial charge in [-0.2, -0.15) is 0 Å². The number of rotatable bonds is 4. The molecule has 3 nitrogen and oxygen atoms in total. The van der Waals surface area contributed by atoms with Gasteiger partial charge in [-0.1, -0.05) is 25.5 Å². The van der Waals surface area contributed by atoms with Crippen molar-refractivity contribution in [2.75, 3.05) is 13.1 Å². The minimum absolute atomic E-state index is 0.692. The van der Waals surface area contributed by atoms with E-state index < -0.39 is 0 Å². The van der Waals surface area contributed by atoms with Gasteiger partial charge in [0.05, 0.1) is 6.33 Å². The van der Waals surface area contributed by atoms with Gasteiger partial charge >= 0.3 is 0 Å². The van der Waals surface area contributed by atoms with E-state index in [0.29, 0.717) is 5.92 Å². The topological polar surface area (TPSA) is 29.9 Å². The van der Waals surface area contributed by atoms with Crippen LogP contribution in [0.2, 0.25) is 0 Å². The van der Waals surface area contributed by atoms with E-state index in [1.165, 1.54) is 17.7 Å². The molecule has 1 aliphatic heterocycles. The zero-order valence-corrected chi connectivity index (χ0v) is 10.2. The van der Waals surface area contributed by atoms with Crippen LogP contribution in [0, 0.1) is 5.92 Å². The van der Waals surface area contributed by atoms with E-state index in [4.69, 9.17) is 0 Å². The Morgan fingerprint density at radius 1 is 1.50 bits per heavy atom. The van der Waals surface area contributed by atoms with Gasteiger partial charge in [0.2, 0.25) is 0 Å². The van der Waals surface area contributed by atoms with Crippen molar-refractivity contribution in [2.24, 2.45) is 5.92 Å². The molecule has 2 rings (SSSR count). The first-order chi connectivity index (χ1) is 7.75. The van der Waals surface area contributed by atoms with Crippen molar-refractivity contribution >= 4 is 0 Å². The summed E-state index contributed by atoms with van der Waals surface area (Å²) >= 11 is 0. The molecule has 0 unspecified atom stereocenters. The van der Waals surface area contributed by atoms with Crippen LogP contribution in [0.25, 0.3) is 0 Å². The SMILES string of the molecule is CC(C)Cc1cncn1CC1=CCNCC1. The molecule has 0 atom stereocenters. The molecule has 88 valence electrons. The predicted molar refractivity (Wildman–Crippen MR) is 66.3 cm³/mol. The van der Waals surface area contributed by atoms with Crippen LogP contribution in [-0.2, 0) is 13.0 Å². The van der Waals surface area contributed by atoms with Crippen molar-refractivity contribution in [1.29, 1.82) is 0 Å². The van der Waals surface area contributed by atoms with Crippen molar-refractivity contribution in [2.45, 2.75) is 33.2 Å². The summed E-state index contributed by atoms with van der Waals surface area (Å²) in [5.41, 5.74) is 2.89. The molecule has 1 aliphatic rings. The maximum atomic E-state index is 4.26. The molecule has 0 saturated carbocycles. The fraction of sp³-hybridized carbons (Fsp3) is 0.615. The second-order valence-corrected chi connectivity index (χ2v) is 4.93. The standard InChI is InChI=1S/C13H21N3/c1-11(2)7-13-8-15-10-16(13)9-12-3-5-14-6-4-12/h3,8,10-11,14H,4-7,9H2,1-2H3. The second kappa shape index (κ2) is 5.30. The van der Waals surface area contributed by atoms with Crippen LogP contribution < -0.4 is 5.32 Å². The summed E-state index contributed by atoms with van der Waals surface area (Å²) in [6.07, 6.45) is 8.55. The third kappa shape index (κ3) is 2.95. The molecule has 16 heavy (non-hydrogen) atoms. The minimum atomic E-state index is 0.692. The number of nitrogens with one attached hydrogen (secondary N) is 1. The van der Waals surface area contributed by atoms with Gasteiger partial charge in [-0.15, -0.1) is 0 Å². The van der Waals surface area contributed by atoms with E-state index in [1.807, 2.05) is 12.5 Å². The van der Waals surface area contributed by atoms with Gasteiger partial charge in [0, 0.05) is 25.0 Å². The molecule has 1 aromatic heterocycles. The van der Waals surface area contributed by atoms with Gasteiger partial charge in [-0.25, -0.2) is 4.98 Å². The Bertz CT molecular complexity index is 363. The van der Waals surface area contributed by atoms with Crippen molar-refractivity contribution in [3.63, 3.8) is 0 Å². The lowest BCUT2D eigenvalue weighted by Gasteiger charge is -2.16. The lowest BCUT2D eigenvalue weighted by molar-refractivity contribution is 0.588. The zero-order chi connectivity index (χ0) is 11.4. The van der Waals surface area contributed by atoms with Gasteiger partial charge < -0.3 is 9.88 Å². The summed E-state index contributed by atoms with van der Waals surface area (Å²) < 4.78 is 2.29. The lowest BCUT2D eigenvalue weighted by Crippen LogP contribution is -2.22. The van der Waals surface area contributed by atoms with Crippen molar-refractivity contribution in [1.82, 2.24) is 14.9 Å². The molecule has 0 bridgehead atoms. The van der Waals surface area contributed by atoms with Crippen LogP contribution in [0.5, 0.6) is 0 Å². The highest BCUT2D eigenvalue weighted by Crippen LogP contribution is 2.12. The van der Waals surface area contributed by atoms with Crippen molar-refractivity contribution < 1.29 is 0 Å². The van der Waals surface area contributed by atoms with Gasteiger partial charge in [0.1, 0.15) is 0 Å². The Morgan fingerprint density at radius 2 is 2.38 bits per heavy atom. The normalized spacial score (nSPS) is 16.6. The molecule has 0 spiro atoms. The molecule has 1 aromatic rings. The maximum Gasteiger partial charge on any atom is 0.0951 e. The van der Waals surface area contributed by atoms with Crippen LogP contribution in [0.1, 0.15) is 26.0 Å². The molecular formula is C13H21N3. The van der Waals surface area contributed by atoms with Gasteiger partial charge in [-0.05, 0) is 25.3 Å². The van der Waals surface area contributed by atoms with E-state index in [9.17, 15) is 0 Å². The highest BCUT2D eigenvalue weighted by atomic mass is 15.0. The Hall–Kier alpha value is -1.09. The number of hydrogen-bond donors (Lipinski definition) is 1. The molecule has 0 radical (unpaired) electrons. The number of nitrogens with zero attached hydrogens (tertiary/aromatic N) is 2. The van der Waals surface area contributed by atoms with Crippen molar-refractivity contribution in [3.05, 3.63) is 29.9 Å². The highest BCUT2D eigenvalue weighted by Gasteiger charge is 2.08. The van der Waals surface area contributed by atoms with Crippen LogP contribution >= 0.6 is 0 Å². The smallest absolute Gasteiger partial charge is 0.0951 e. The average molecular weight is 219 g/mol. The third-order valence-electron chi connectivity index (χ3n) is 2.95. The molecule has 0 amide bonds. The molecule has 0 saturated heterocycles. The number of hydrogen-bond acceptors (Lipinski definition) is 2. The first-order valence-corrected chi connectivity index (χ1v) is 6.13. The Morgan fingerprint density at radius 3 is 3.06 bits per heavy atom. The van der Waals surface area contributed by atoms with Gasteiger partial charge in [-0.3, -0.25) is 0 Å². The minimum Gasteiger partial charge on any atom is -0.331 e. The van der Waals surface area contributed by atoms with E-state index >= 15 is 0 Å². The molecule has 2 heterocycles. The monoisotopic (exact) mass is 219 g/mol. The summed E-state index contributed by atoms with van der Waals surface area (Å²) in [5, 5.41) is 3.34. The molecular weight excluding hydrogens is 198 g/mol. The molecule has 0 aliphatic carbocycles. The molecule has 3 heteroatoms. The fourth-order valence-electron chi connectivity index (χ4n) is 2.11. The van der Waals surface area contributed by atoms with E-state index in [1.54, 1.807) is 0 Å². The summed E-state index contributed by atoms with van der Waals surface area (Å²) in [5.74, 6) is 0.692. The highest BCUT2D eigenvalue weighted by molar-refractivity contribution is 5.10. The van der Waals surface area contributed by atoms with Gasteiger partial charge in [0.25, 0.3) is 0 Å². The summed E-state index contributed by atoms with van der Waals surface area (Å²) in [6, 6.07) is 0. The van der Waals surface area contributed by atoms with Crippen LogP contribution in [0.4, 0.5) is 0 Å². The second-order valence-electron chi connectivity index (χ2n) is 4.93. The fourth-order valence-corrected chi connectivity index (χ4v) is 2.11. The first-order valence-electron chi connectivity index (χ1n) is 6.13. The first kappa shape index (κ1) is 11.4. The predicted octanol–water partition coefficient (Wildman–Crippen LogP) is 2.00. The molecule has 1 N–H and O–H groups in total. The average Bonchev–Trinajstić information content (AvgIpc) is 2.66. The van der Waals surface area contributed by atoms with Crippen molar-refractivity contribution in [3.8, 4) is 0 Å². The number of imidazole rings is 1. The Kier molecular flexibility index (Phi) is 3.78. The van der Waals surface area contributed by atoms with Gasteiger partial charge in [0.15, 0.2) is 0 Å². The Labute approximate surface area is 97.6 Å². The summed E-state index contributed by atoms with van der Waals surface area (Å²) in [4.78, 5) is 4.26. The summed E-state index contributed by atoms with van der Waals surface area (Å²) in [6.45, 7) is 7.65. The van der Waals surface area contributed by atoms with E-state index in [0.717, 1.165) is 26.1 Å². The number of aromatic nitrogens is 2. The van der Waals surface area contributed by atoms with Crippen LogP contribution in [0.15, 0.2) is 24.2 Å². The largest absolute Gasteiger partial charge is 0.331 e. The quantitative estimate of drug-likeness (QED) is 0.785. The molecule has 0 aromatic carbocycles. The van der Waals surface area contributed by atoms with E-state index in [2.05, 4.69) is 34.8 Å². The Balaban J connectivity index is 2.03. The zero-order valence-electron chi connectivity index (χ0n) is 10.2. The van der Waals surface area contributed by atoms with Crippen LogP contribution in [0.3, 0.4) is 0 Å². The van der Waals surface area contributed by atoms with Crippen LogP contribution in [-0.4, -0.2) is 22.6 Å². The lowest BCUT2D eigenvalue weighted by atomic mass is 10.1. The maximum absolute atomic E-state index is 4.26. The molecule has 0 fully saturated rings.